The second kappa shape index (κ2) is 5.66. The summed E-state index contributed by atoms with van der Waals surface area (Å²) in [6.45, 7) is 1.48. The third-order valence-electron chi connectivity index (χ3n) is 3.34. The largest absolute Gasteiger partial charge is 0.364 e. The van der Waals surface area contributed by atoms with Crippen molar-refractivity contribution in [3.8, 4) is 11.1 Å². The van der Waals surface area contributed by atoms with Crippen molar-refractivity contribution in [3.05, 3.63) is 66.7 Å². The van der Waals surface area contributed by atoms with Gasteiger partial charge in [-0.2, -0.15) is 5.10 Å². The lowest BCUT2D eigenvalue weighted by Crippen LogP contribution is -2.13. The molecule has 1 amide bonds. The van der Waals surface area contributed by atoms with Crippen LogP contribution < -0.4 is 5.73 Å². The molecule has 5 heteroatoms. The van der Waals surface area contributed by atoms with Crippen molar-refractivity contribution < 1.29 is 4.79 Å². The Morgan fingerprint density at radius 2 is 1.81 bits per heavy atom. The minimum Gasteiger partial charge on any atom is -0.364 e. The van der Waals surface area contributed by atoms with Gasteiger partial charge in [0.2, 0.25) is 0 Å². The van der Waals surface area contributed by atoms with Crippen molar-refractivity contribution in [3.63, 3.8) is 0 Å². The summed E-state index contributed by atoms with van der Waals surface area (Å²) >= 11 is 0. The monoisotopic (exact) mass is 280 g/mol. The van der Waals surface area contributed by atoms with E-state index in [2.05, 4.69) is 34.1 Å². The third-order valence-corrected chi connectivity index (χ3v) is 3.34. The molecule has 1 aromatic carbocycles. The summed E-state index contributed by atoms with van der Waals surface area (Å²) in [6, 6.07) is 14.0. The molecule has 3 aromatic rings. The van der Waals surface area contributed by atoms with Crippen molar-refractivity contribution in [2.45, 2.75) is 13.1 Å². The minimum absolute atomic E-state index is 0.299. The normalized spacial score (nSPS) is 10.7. The van der Waals surface area contributed by atoms with Crippen molar-refractivity contribution in [1.29, 1.82) is 0 Å². The maximum atomic E-state index is 11.0. The van der Waals surface area contributed by atoms with E-state index in [-0.39, 0.29) is 0 Å². The Kier molecular flexibility index (Phi) is 3.55. The van der Waals surface area contributed by atoms with Crippen LogP contribution in [0.25, 0.3) is 11.1 Å². The van der Waals surface area contributed by atoms with Gasteiger partial charge in [0, 0.05) is 25.1 Å². The highest BCUT2D eigenvalue weighted by Crippen LogP contribution is 2.18. The number of aromatic nitrogens is 3. The predicted molar refractivity (Wildman–Crippen MR) is 80.6 cm³/mol. The number of carbonyl (C=O) groups is 1. The maximum absolute atomic E-state index is 11.0. The fourth-order valence-corrected chi connectivity index (χ4v) is 2.22. The Labute approximate surface area is 122 Å². The second-order valence-corrected chi connectivity index (χ2v) is 4.83. The smallest absolute Gasteiger partial charge is 0.269 e. The van der Waals surface area contributed by atoms with Crippen LogP contribution in [0, 0.1) is 0 Å². The van der Waals surface area contributed by atoms with E-state index in [0.717, 1.165) is 6.54 Å². The molecular formula is C16H16N4O. The van der Waals surface area contributed by atoms with Crippen LogP contribution >= 0.6 is 0 Å². The molecule has 0 unspecified atom stereocenters. The number of nitrogens with zero attached hydrogens (tertiary/aromatic N) is 3. The van der Waals surface area contributed by atoms with Gasteiger partial charge in [-0.25, -0.2) is 0 Å². The van der Waals surface area contributed by atoms with E-state index in [9.17, 15) is 4.79 Å². The van der Waals surface area contributed by atoms with Crippen LogP contribution in [0.1, 0.15) is 10.5 Å². The van der Waals surface area contributed by atoms with Gasteiger partial charge in [-0.3, -0.25) is 9.48 Å². The molecule has 0 bridgehead atoms. The number of hydrogen-bond acceptors (Lipinski definition) is 2. The molecule has 3 rings (SSSR count). The molecule has 0 aliphatic carbocycles. The van der Waals surface area contributed by atoms with E-state index in [0.29, 0.717) is 12.2 Å². The second-order valence-electron chi connectivity index (χ2n) is 4.83. The van der Waals surface area contributed by atoms with Crippen LogP contribution in [0.15, 0.2) is 61.1 Å². The molecule has 106 valence electrons. The number of aryl methyl sites for hydroxylation is 2. The molecule has 0 radical (unpaired) electrons. The fourth-order valence-electron chi connectivity index (χ4n) is 2.22. The summed E-state index contributed by atoms with van der Waals surface area (Å²) in [5.41, 5.74) is 7.87. The number of amides is 1. The predicted octanol–water partition coefficient (Wildman–Crippen LogP) is 2.15. The highest BCUT2D eigenvalue weighted by molar-refractivity contribution is 5.90. The van der Waals surface area contributed by atoms with Gasteiger partial charge in [-0.05, 0) is 23.3 Å². The Bertz CT molecular complexity index is 742. The van der Waals surface area contributed by atoms with Crippen LogP contribution in [0.4, 0.5) is 0 Å². The van der Waals surface area contributed by atoms with E-state index < -0.39 is 5.91 Å². The molecule has 0 aliphatic heterocycles. The van der Waals surface area contributed by atoms with Gasteiger partial charge in [0.15, 0.2) is 0 Å². The van der Waals surface area contributed by atoms with E-state index >= 15 is 0 Å². The highest BCUT2D eigenvalue weighted by atomic mass is 16.1. The summed E-state index contributed by atoms with van der Waals surface area (Å²) in [6.07, 6.45) is 5.91. The minimum atomic E-state index is -0.499. The molecule has 2 aromatic heterocycles. The molecule has 0 saturated heterocycles. The van der Waals surface area contributed by atoms with Gasteiger partial charge in [0.1, 0.15) is 5.69 Å². The molecule has 0 saturated carbocycles. The number of carbonyl (C=O) groups excluding carboxylic acids is 1. The third kappa shape index (κ3) is 3.02. The van der Waals surface area contributed by atoms with Crippen LogP contribution in [0.2, 0.25) is 0 Å². The first-order valence-corrected chi connectivity index (χ1v) is 6.77. The number of benzene rings is 1. The molecule has 2 N–H and O–H groups in total. The average molecular weight is 280 g/mol. The summed E-state index contributed by atoms with van der Waals surface area (Å²) < 4.78 is 3.83. The Balaban J connectivity index is 1.66. The zero-order valence-corrected chi connectivity index (χ0v) is 11.5. The summed E-state index contributed by atoms with van der Waals surface area (Å²) in [7, 11) is 0. The Morgan fingerprint density at radius 1 is 1.00 bits per heavy atom. The highest BCUT2D eigenvalue weighted by Gasteiger charge is 2.04. The average Bonchev–Trinajstić information content (AvgIpc) is 3.15. The molecule has 0 aliphatic rings. The standard InChI is InChI=1S/C16H16N4O/c17-16(21)15-7-9-20(18-15)11-10-19-8-6-14(12-19)13-4-2-1-3-5-13/h1-9,12H,10-11H2,(H2,17,21). The fraction of sp³-hybridized carbons (Fsp3) is 0.125. The molecule has 0 atom stereocenters. The molecule has 2 heterocycles. The first-order chi connectivity index (χ1) is 10.2. The van der Waals surface area contributed by atoms with E-state index in [1.165, 1.54) is 11.1 Å². The lowest BCUT2D eigenvalue weighted by atomic mass is 10.1. The van der Waals surface area contributed by atoms with Crippen LogP contribution in [-0.4, -0.2) is 20.3 Å². The van der Waals surface area contributed by atoms with Crippen molar-refractivity contribution in [1.82, 2.24) is 14.3 Å². The topological polar surface area (TPSA) is 65.8 Å². The zero-order chi connectivity index (χ0) is 14.7. The molecular weight excluding hydrogens is 264 g/mol. The maximum Gasteiger partial charge on any atom is 0.269 e. The molecule has 5 nitrogen and oxygen atoms in total. The number of nitrogens with two attached hydrogens (primary N) is 1. The van der Waals surface area contributed by atoms with Gasteiger partial charge in [0.25, 0.3) is 5.91 Å². The summed E-state index contributed by atoms with van der Waals surface area (Å²) in [4.78, 5) is 11.0. The van der Waals surface area contributed by atoms with Gasteiger partial charge >= 0.3 is 0 Å². The zero-order valence-electron chi connectivity index (χ0n) is 11.5. The number of rotatable bonds is 5. The van der Waals surface area contributed by atoms with Crippen LogP contribution in [0.3, 0.4) is 0 Å². The molecule has 0 spiro atoms. The van der Waals surface area contributed by atoms with Crippen molar-refractivity contribution in [2.24, 2.45) is 5.73 Å². The first-order valence-electron chi connectivity index (χ1n) is 6.77. The first kappa shape index (κ1) is 13.2. The van der Waals surface area contributed by atoms with E-state index in [1.807, 2.05) is 24.4 Å². The lowest BCUT2D eigenvalue weighted by Gasteiger charge is -2.03. The van der Waals surface area contributed by atoms with E-state index in [4.69, 9.17) is 5.73 Å². The van der Waals surface area contributed by atoms with Gasteiger partial charge in [-0.15, -0.1) is 0 Å². The lowest BCUT2D eigenvalue weighted by molar-refractivity contribution is 0.0994. The summed E-state index contributed by atoms with van der Waals surface area (Å²) in [5, 5.41) is 4.12. The van der Waals surface area contributed by atoms with Crippen molar-refractivity contribution in [2.75, 3.05) is 0 Å². The van der Waals surface area contributed by atoms with Gasteiger partial charge in [-0.1, -0.05) is 30.3 Å². The summed E-state index contributed by atoms with van der Waals surface area (Å²) in [5.74, 6) is -0.499. The molecule has 0 fully saturated rings. The van der Waals surface area contributed by atoms with Crippen molar-refractivity contribution >= 4 is 5.91 Å². The van der Waals surface area contributed by atoms with Gasteiger partial charge < -0.3 is 10.3 Å². The Morgan fingerprint density at radius 3 is 2.52 bits per heavy atom. The molecule has 21 heavy (non-hydrogen) atoms. The van der Waals surface area contributed by atoms with Crippen LogP contribution in [-0.2, 0) is 13.1 Å². The number of primary amides is 1. The van der Waals surface area contributed by atoms with Gasteiger partial charge in [0.05, 0.1) is 6.54 Å². The number of hydrogen-bond donors (Lipinski definition) is 1. The Hall–Kier alpha value is -2.82. The van der Waals surface area contributed by atoms with Crippen LogP contribution in [0.5, 0.6) is 0 Å². The quantitative estimate of drug-likeness (QED) is 0.778. The SMILES string of the molecule is NC(=O)c1ccn(CCn2ccc(-c3ccccc3)c2)n1. The van der Waals surface area contributed by atoms with E-state index in [1.54, 1.807) is 16.9 Å².